The van der Waals surface area contributed by atoms with Crippen molar-refractivity contribution in [2.45, 2.75) is 19.9 Å². The molecule has 0 atom stereocenters. The number of benzene rings is 1. The fourth-order valence-electron chi connectivity index (χ4n) is 2.61. The summed E-state index contributed by atoms with van der Waals surface area (Å²) in [7, 11) is 0. The first-order valence-corrected chi connectivity index (χ1v) is 7.69. The molecule has 3 N–H and O–H groups in total. The molecule has 21 heavy (non-hydrogen) atoms. The Labute approximate surface area is 127 Å². The van der Waals surface area contributed by atoms with Gasteiger partial charge in [-0.3, -0.25) is 9.69 Å². The van der Waals surface area contributed by atoms with Gasteiger partial charge in [0.2, 0.25) is 0 Å². The maximum absolute atomic E-state index is 11.8. The van der Waals surface area contributed by atoms with Crippen LogP contribution in [0.4, 0.5) is 5.69 Å². The fourth-order valence-corrected chi connectivity index (χ4v) is 2.61. The third-order valence-electron chi connectivity index (χ3n) is 3.97. The summed E-state index contributed by atoms with van der Waals surface area (Å²) >= 11 is 0. The Morgan fingerprint density at radius 2 is 1.81 bits per heavy atom. The summed E-state index contributed by atoms with van der Waals surface area (Å²) < 4.78 is 0. The molecule has 1 aliphatic rings. The Balaban J connectivity index is 1.92. The SMILES string of the molecule is CC(C)N1CCN(c2ccc(C(=O)NCCN)cc2)CC1. The van der Waals surface area contributed by atoms with Crippen LogP contribution in [0.3, 0.4) is 0 Å². The lowest BCUT2D eigenvalue weighted by atomic mass is 10.1. The molecule has 116 valence electrons. The molecule has 0 aromatic heterocycles. The molecule has 5 nitrogen and oxygen atoms in total. The van der Waals surface area contributed by atoms with Crippen molar-refractivity contribution in [3.63, 3.8) is 0 Å². The quantitative estimate of drug-likeness (QED) is 0.846. The summed E-state index contributed by atoms with van der Waals surface area (Å²) in [6, 6.07) is 8.44. The molecule has 0 spiro atoms. The predicted octanol–water partition coefficient (Wildman–Crippen LogP) is 0.906. The second kappa shape index (κ2) is 7.43. The van der Waals surface area contributed by atoms with E-state index in [0.29, 0.717) is 24.7 Å². The van der Waals surface area contributed by atoms with Gasteiger partial charge in [-0.2, -0.15) is 0 Å². The van der Waals surface area contributed by atoms with Crippen molar-refractivity contribution in [2.24, 2.45) is 5.73 Å². The average molecular weight is 290 g/mol. The molecule has 1 heterocycles. The fraction of sp³-hybridized carbons (Fsp3) is 0.562. The number of amides is 1. The van der Waals surface area contributed by atoms with Crippen molar-refractivity contribution in [1.82, 2.24) is 10.2 Å². The molecule has 0 bridgehead atoms. The number of carbonyl (C=O) groups is 1. The number of carbonyl (C=O) groups excluding carboxylic acids is 1. The lowest BCUT2D eigenvalue weighted by Crippen LogP contribution is -2.48. The number of anilines is 1. The number of nitrogens with two attached hydrogens (primary N) is 1. The Hall–Kier alpha value is -1.59. The molecule has 1 amide bonds. The van der Waals surface area contributed by atoms with E-state index in [4.69, 9.17) is 5.73 Å². The maximum Gasteiger partial charge on any atom is 0.251 e. The van der Waals surface area contributed by atoms with Crippen LogP contribution in [0, 0.1) is 0 Å². The van der Waals surface area contributed by atoms with Crippen molar-refractivity contribution in [3.05, 3.63) is 29.8 Å². The highest BCUT2D eigenvalue weighted by Gasteiger charge is 2.19. The van der Waals surface area contributed by atoms with Gasteiger partial charge in [-0.15, -0.1) is 0 Å². The molecule has 0 unspecified atom stereocenters. The van der Waals surface area contributed by atoms with Gasteiger partial charge in [-0.25, -0.2) is 0 Å². The van der Waals surface area contributed by atoms with Gasteiger partial charge in [-0.05, 0) is 38.1 Å². The zero-order valence-corrected chi connectivity index (χ0v) is 13.0. The zero-order valence-electron chi connectivity index (χ0n) is 13.0. The lowest BCUT2D eigenvalue weighted by Gasteiger charge is -2.38. The molecule has 0 saturated carbocycles. The molecule has 1 aromatic rings. The number of rotatable bonds is 5. The molecule has 2 rings (SSSR count). The van der Waals surface area contributed by atoms with Gasteiger partial charge in [0, 0.05) is 56.6 Å². The summed E-state index contributed by atoms with van der Waals surface area (Å²) in [5.41, 5.74) is 7.26. The highest BCUT2D eigenvalue weighted by Crippen LogP contribution is 2.18. The summed E-state index contributed by atoms with van der Waals surface area (Å²) in [5.74, 6) is -0.0587. The predicted molar refractivity (Wildman–Crippen MR) is 86.8 cm³/mol. The molecule has 1 fully saturated rings. The molecular weight excluding hydrogens is 264 g/mol. The van der Waals surface area contributed by atoms with Crippen LogP contribution in [-0.2, 0) is 0 Å². The van der Waals surface area contributed by atoms with E-state index in [1.807, 2.05) is 24.3 Å². The van der Waals surface area contributed by atoms with Crippen molar-refractivity contribution in [3.8, 4) is 0 Å². The number of nitrogens with zero attached hydrogens (tertiary/aromatic N) is 2. The van der Waals surface area contributed by atoms with Crippen LogP contribution in [0.25, 0.3) is 0 Å². The Morgan fingerprint density at radius 3 is 2.33 bits per heavy atom. The van der Waals surface area contributed by atoms with Gasteiger partial charge < -0.3 is 16.0 Å². The minimum Gasteiger partial charge on any atom is -0.369 e. The molecular formula is C16H26N4O. The third-order valence-corrected chi connectivity index (χ3v) is 3.97. The van der Waals surface area contributed by atoms with Crippen molar-refractivity contribution in [1.29, 1.82) is 0 Å². The smallest absolute Gasteiger partial charge is 0.251 e. The standard InChI is InChI=1S/C16H26N4O/c1-13(2)19-9-11-20(12-10-19)15-5-3-14(4-6-15)16(21)18-8-7-17/h3-6,13H,7-12,17H2,1-2H3,(H,18,21). The number of hydrogen-bond acceptors (Lipinski definition) is 4. The van der Waals surface area contributed by atoms with E-state index in [2.05, 4.69) is 29.0 Å². The van der Waals surface area contributed by atoms with Gasteiger partial charge in [0.25, 0.3) is 5.91 Å². The normalized spacial score (nSPS) is 16.3. The van der Waals surface area contributed by atoms with Crippen molar-refractivity contribution in [2.75, 3.05) is 44.2 Å². The molecule has 0 aliphatic carbocycles. The highest BCUT2D eigenvalue weighted by atomic mass is 16.1. The topological polar surface area (TPSA) is 61.6 Å². The Morgan fingerprint density at radius 1 is 1.19 bits per heavy atom. The van der Waals surface area contributed by atoms with E-state index in [1.165, 1.54) is 5.69 Å². The minimum absolute atomic E-state index is 0.0587. The van der Waals surface area contributed by atoms with Gasteiger partial charge in [0.15, 0.2) is 0 Å². The van der Waals surface area contributed by atoms with E-state index in [1.54, 1.807) is 0 Å². The van der Waals surface area contributed by atoms with E-state index in [0.717, 1.165) is 26.2 Å². The van der Waals surface area contributed by atoms with Crippen LogP contribution >= 0.6 is 0 Å². The van der Waals surface area contributed by atoms with Gasteiger partial charge >= 0.3 is 0 Å². The van der Waals surface area contributed by atoms with E-state index >= 15 is 0 Å². The third kappa shape index (κ3) is 4.19. The van der Waals surface area contributed by atoms with Gasteiger partial charge in [0.05, 0.1) is 0 Å². The van der Waals surface area contributed by atoms with E-state index < -0.39 is 0 Å². The highest BCUT2D eigenvalue weighted by molar-refractivity contribution is 5.94. The number of hydrogen-bond donors (Lipinski definition) is 2. The summed E-state index contributed by atoms with van der Waals surface area (Å²) in [6.45, 7) is 9.72. The van der Waals surface area contributed by atoms with Crippen molar-refractivity contribution < 1.29 is 4.79 Å². The van der Waals surface area contributed by atoms with Crippen LogP contribution in [0.1, 0.15) is 24.2 Å². The number of nitrogens with one attached hydrogen (secondary N) is 1. The Kier molecular flexibility index (Phi) is 5.59. The summed E-state index contributed by atoms with van der Waals surface area (Å²) in [4.78, 5) is 16.7. The largest absolute Gasteiger partial charge is 0.369 e. The van der Waals surface area contributed by atoms with E-state index in [9.17, 15) is 4.79 Å². The minimum atomic E-state index is -0.0587. The van der Waals surface area contributed by atoms with Gasteiger partial charge in [0.1, 0.15) is 0 Å². The molecule has 0 radical (unpaired) electrons. The molecule has 5 heteroatoms. The second-order valence-corrected chi connectivity index (χ2v) is 5.71. The second-order valence-electron chi connectivity index (χ2n) is 5.71. The lowest BCUT2D eigenvalue weighted by molar-refractivity contribution is 0.0955. The Bertz CT molecular complexity index is 450. The first kappa shape index (κ1) is 15.8. The summed E-state index contributed by atoms with van der Waals surface area (Å²) in [5, 5.41) is 2.78. The van der Waals surface area contributed by atoms with Crippen LogP contribution in [0.5, 0.6) is 0 Å². The first-order chi connectivity index (χ1) is 10.1. The average Bonchev–Trinajstić information content (AvgIpc) is 2.53. The molecule has 1 aromatic carbocycles. The first-order valence-electron chi connectivity index (χ1n) is 7.69. The molecule has 1 aliphatic heterocycles. The number of piperazine rings is 1. The van der Waals surface area contributed by atoms with E-state index in [-0.39, 0.29) is 5.91 Å². The monoisotopic (exact) mass is 290 g/mol. The zero-order chi connectivity index (χ0) is 15.2. The van der Waals surface area contributed by atoms with Crippen LogP contribution in [0.15, 0.2) is 24.3 Å². The van der Waals surface area contributed by atoms with Crippen LogP contribution in [0.2, 0.25) is 0 Å². The van der Waals surface area contributed by atoms with Crippen molar-refractivity contribution >= 4 is 11.6 Å². The molecule has 1 saturated heterocycles. The maximum atomic E-state index is 11.8. The summed E-state index contributed by atoms with van der Waals surface area (Å²) in [6.07, 6.45) is 0. The van der Waals surface area contributed by atoms with Crippen LogP contribution < -0.4 is 16.0 Å². The van der Waals surface area contributed by atoms with Gasteiger partial charge in [-0.1, -0.05) is 0 Å². The van der Waals surface area contributed by atoms with Crippen LogP contribution in [-0.4, -0.2) is 56.1 Å².